The van der Waals surface area contributed by atoms with Gasteiger partial charge in [0.15, 0.2) is 0 Å². The van der Waals surface area contributed by atoms with Crippen LogP contribution in [0.1, 0.15) is 27.7 Å². The van der Waals surface area contributed by atoms with Crippen molar-refractivity contribution in [3.8, 4) is 0 Å². The van der Waals surface area contributed by atoms with Gasteiger partial charge in [0, 0.05) is 13.3 Å². The predicted molar refractivity (Wildman–Crippen MR) is 47.6 cm³/mol. The number of hydrogen-bond acceptors (Lipinski definition) is 1. The minimum atomic E-state index is 0.230. The van der Waals surface area contributed by atoms with Crippen molar-refractivity contribution in [2.45, 2.75) is 27.7 Å². The molecule has 0 rings (SSSR count). The van der Waals surface area contributed by atoms with Crippen LogP contribution in [0, 0.1) is 5.41 Å². The van der Waals surface area contributed by atoms with E-state index in [0.717, 1.165) is 0 Å². The van der Waals surface area contributed by atoms with Crippen LogP contribution in [0.5, 0.6) is 0 Å². The fourth-order valence-electron chi connectivity index (χ4n) is 0.840. The van der Waals surface area contributed by atoms with Gasteiger partial charge in [-0.15, -0.1) is 0 Å². The molecule has 0 aliphatic carbocycles. The Bertz CT molecular complexity index is 147. The third-order valence-corrected chi connectivity index (χ3v) is 1.45. The van der Waals surface area contributed by atoms with Crippen molar-refractivity contribution in [2.75, 3.05) is 7.05 Å². The first kappa shape index (κ1) is 9.41. The fourth-order valence-corrected chi connectivity index (χ4v) is 0.840. The molecule has 0 heterocycles. The molecule has 1 nitrogen and oxygen atoms in total. The number of allylic oxidation sites excluding steroid dienone is 2. The van der Waals surface area contributed by atoms with E-state index < -0.39 is 0 Å². The van der Waals surface area contributed by atoms with Gasteiger partial charge in [-0.2, -0.15) is 0 Å². The summed E-state index contributed by atoms with van der Waals surface area (Å²) < 4.78 is 0. The molecule has 0 aromatic carbocycles. The fraction of sp³-hybridized carbons (Fsp3) is 0.667. The lowest BCUT2D eigenvalue weighted by molar-refractivity contribution is 0.526. The van der Waals surface area contributed by atoms with Crippen molar-refractivity contribution in [3.63, 3.8) is 0 Å². The zero-order valence-electron chi connectivity index (χ0n) is 7.60. The molecule has 0 aliphatic heterocycles. The highest BCUT2D eigenvalue weighted by Gasteiger charge is 2.13. The van der Waals surface area contributed by atoms with Gasteiger partial charge in [0.25, 0.3) is 0 Å². The van der Waals surface area contributed by atoms with E-state index >= 15 is 0 Å². The van der Waals surface area contributed by atoms with E-state index in [9.17, 15) is 0 Å². The summed E-state index contributed by atoms with van der Waals surface area (Å²) in [5.74, 6) is 0. The number of hydrogen-bond donors (Lipinski definition) is 0. The summed E-state index contributed by atoms with van der Waals surface area (Å²) in [6, 6.07) is 0. The average molecular weight is 139 g/mol. The Hall–Kier alpha value is -0.590. The Kier molecular flexibility index (Phi) is 3.34. The molecule has 0 radical (unpaired) electrons. The van der Waals surface area contributed by atoms with Crippen molar-refractivity contribution in [2.24, 2.45) is 10.4 Å². The van der Waals surface area contributed by atoms with Crippen LogP contribution in [-0.2, 0) is 0 Å². The van der Waals surface area contributed by atoms with Crippen LogP contribution in [0.4, 0.5) is 0 Å². The third kappa shape index (κ3) is 2.81. The van der Waals surface area contributed by atoms with Crippen LogP contribution in [-0.4, -0.2) is 13.3 Å². The van der Waals surface area contributed by atoms with Gasteiger partial charge in [-0.25, -0.2) is 0 Å². The monoisotopic (exact) mass is 139 g/mol. The molecule has 0 spiro atoms. The molecule has 0 aromatic rings. The maximum atomic E-state index is 3.98. The van der Waals surface area contributed by atoms with E-state index in [2.05, 4.69) is 31.8 Å². The zero-order chi connectivity index (χ0) is 8.20. The van der Waals surface area contributed by atoms with Gasteiger partial charge >= 0.3 is 0 Å². The summed E-state index contributed by atoms with van der Waals surface area (Å²) in [4.78, 5) is 3.98. The average Bonchev–Trinajstić information content (AvgIpc) is 1.80. The molecule has 0 atom stereocenters. The molecular weight excluding hydrogens is 122 g/mol. The van der Waals surface area contributed by atoms with E-state index in [1.807, 2.05) is 13.1 Å². The maximum absolute atomic E-state index is 3.98. The SMILES string of the molecule is C/C=C(\C=N/C)C(C)(C)C. The molecule has 0 aliphatic rings. The zero-order valence-corrected chi connectivity index (χ0v) is 7.60. The minimum Gasteiger partial charge on any atom is -0.296 e. The van der Waals surface area contributed by atoms with Crippen LogP contribution < -0.4 is 0 Å². The van der Waals surface area contributed by atoms with Crippen molar-refractivity contribution in [1.29, 1.82) is 0 Å². The van der Waals surface area contributed by atoms with Gasteiger partial charge in [0.05, 0.1) is 0 Å². The molecule has 0 fully saturated rings. The summed E-state index contributed by atoms with van der Waals surface area (Å²) >= 11 is 0. The Morgan fingerprint density at radius 3 is 1.90 bits per heavy atom. The largest absolute Gasteiger partial charge is 0.296 e. The Balaban J connectivity index is 4.39. The van der Waals surface area contributed by atoms with E-state index in [-0.39, 0.29) is 5.41 Å². The smallest absolute Gasteiger partial charge is 0.0277 e. The van der Waals surface area contributed by atoms with Gasteiger partial charge < -0.3 is 0 Å². The highest BCUT2D eigenvalue weighted by Crippen LogP contribution is 2.22. The molecule has 0 bridgehead atoms. The summed E-state index contributed by atoms with van der Waals surface area (Å²) in [7, 11) is 1.80. The van der Waals surface area contributed by atoms with Crippen molar-refractivity contribution >= 4 is 6.21 Å². The van der Waals surface area contributed by atoms with Gasteiger partial charge in [0.2, 0.25) is 0 Å². The predicted octanol–water partition coefficient (Wildman–Crippen LogP) is 2.68. The molecule has 0 amide bonds. The summed E-state index contributed by atoms with van der Waals surface area (Å²) in [6.07, 6.45) is 4.02. The van der Waals surface area contributed by atoms with Gasteiger partial charge in [-0.3, -0.25) is 4.99 Å². The lowest BCUT2D eigenvalue weighted by Gasteiger charge is -2.18. The maximum Gasteiger partial charge on any atom is 0.0277 e. The van der Waals surface area contributed by atoms with Gasteiger partial charge in [-0.05, 0) is 17.9 Å². The van der Waals surface area contributed by atoms with Gasteiger partial charge in [-0.1, -0.05) is 26.8 Å². The Labute approximate surface area is 63.9 Å². The molecule has 0 unspecified atom stereocenters. The molecule has 10 heavy (non-hydrogen) atoms. The Morgan fingerprint density at radius 1 is 1.30 bits per heavy atom. The lowest BCUT2D eigenvalue weighted by atomic mass is 9.87. The molecule has 1 heteroatoms. The molecule has 58 valence electrons. The molecule has 0 saturated heterocycles. The number of nitrogens with zero attached hydrogens (tertiary/aromatic N) is 1. The molecule has 0 N–H and O–H groups in total. The molecule has 0 saturated carbocycles. The van der Waals surface area contributed by atoms with Crippen LogP contribution in [0.3, 0.4) is 0 Å². The lowest BCUT2D eigenvalue weighted by Crippen LogP contribution is -2.09. The first-order valence-electron chi connectivity index (χ1n) is 3.61. The highest BCUT2D eigenvalue weighted by molar-refractivity contribution is 5.79. The van der Waals surface area contributed by atoms with Crippen molar-refractivity contribution < 1.29 is 0 Å². The minimum absolute atomic E-state index is 0.230. The normalized spacial score (nSPS) is 14.7. The third-order valence-electron chi connectivity index (χ3n) is 1.45. The van der Waals surface area contributed by atoms with E-state index in [0.29, 0.717) is 0 Å². The second-order valence-corrected chi connectivity index (χ2v) is 3.38. The second kappa shape index (κ2) is 3.55. The van der Waals surface area contributed by atoms with Crippen LogP contribution in [0.2, 0.25) is 0 Å². The number of aliphatic imine (C=N–C) groups is 1. The van der Waals surface area contributed by atoms with Crippen molar-refractivity contribution in [3.05, 3.63) is 11.6 Å². The topological polar surface area (TPSA) is 12.4 Å². The summed E-state index contributed by atoms with van der Waals surface area (Å²) in [6.45, 7) is 8.60. The van der Waals surface area contributed by atoms with Crippen LogP contribution in [0.25, 0.3) is 0 Å². The molecule has 0 aromatic heterocycles. The molecular formula is C9H17N. The van der Waals surface area contributed by atoms with Crippen molar-refractivity contribution in [1.82, 2.24) is 0 Å². The summed E-state index contributed by atoms with van der Waals surface area (Å²) in [5, 5.41) is 0. The first-order chi connectivity index (χ1) is 4.52. The van der Waals surface area contributed by atoms with E-state index in [1.54, 1.807) is 7.05 Å². The number of rotatable bonds is 1. The standard InChI is InChI=1S/C9H17N/c1-6-8(7-10-5)9(2,3)4/h6-7H,1-5H3/b8-6+,10-7-. The summed E-state index contributed by atoms with van der Waals surface area (Å²) in [5.41, 5.74) is 1.52. The van der Waals surface area contributed by atoms with E-state index in [4.69, 9.17) is 0 Å². The first-order valence-corrected chi connectivity index (χ1v) is 3.61. The second-order valence-electron chi connectivity index (χ2n) is 3.38. The van der Waals surface area contributed by atoms with Crippen LogP contribution in [0.15, 0.2) is 16.6 Å². The van der Waals surface area contributed by atoms with E-state index in [1.165, 1.54) is 5.57 Å². The van der Waals surface area contributed by atoms with Gasteiger partial charge in [0.1, 0.15) is 0 Å². The quantitative estimate of drug-likeness (QED) is 0.495. The highest BCUT2D eigenvalue weighted by atomic mass is 14.6. The Morgan fingerprint density at radius 2 is 1.80 bits per heavy atom. The van der Waals surface area contributed by atoms with Crippen LogP contribution >= 0.6 is 0 Å².